The van der Waals surface area contributed by atoms with Gasteiger partial charge in [0.1, 0.15) is 11.5 Å². The summed E-state index contributed by atoms with van der Waals surface area (Å²) < 4.78 is 11.0. The van der Waals surface area contributed by atoms with Crippen LogP contribution in [0.25, 0.3) is 17.0 Å². The van der Waals surface area contributed by atoms with E-state index in [1.807, 2.05) is 60.7 Å². The van der Waals surface area contributed by atoms with Gasteiger partial charge in [-0.1, -0.05) is 36.4 Å². The van der Waals surface area contributed by atoms with Gasteiger partial charge >= 0.3 is 0 Å². The van der Waals surface area contributed by atoms with Gasteiger partial charge in [0.2, 0.25) is 5.88 Å². The van der Waals surface area contributed by atoms with E-state index in [9.17, 15) is 4.79 Å². The van der Waals surface area contributed by atoms with Gasteiger partial charge < -0.3 is 9.47 Å². The highest BCUT2D eigenvalue weighted by atomic mass is 16.5. The van der Waals surface area contributed by atoms with Gasteiger partial charge in [0, 0.05) is 17.0 Å². The number of carbonyl (C=O) groups excluding carboxylic acids is 1. The van der Waals surface area contributed by atoms with Crippen molar-refractivity contribution in [3.8, 4) is 17.4 Å². The number of pyridine rings is 1. The predicted molar refractivity (Wildman–Crippen MR) is 115 cm³/mol. The Balaban J connectivity index is 1.42. The van der Waals surface area contributed by atoms with Crippen LogP contribution in [0.3, 0.4) is 0 Å². The van der Waals surface area contributed by atoms with Crippen molar-refractivity contribution >= 4 is 22.8 Å². The molecule has 0 saturated carbocycles. The molecule has 3 aromatic carbocycles. The van der Waals surface area contributed by atoms with Crippen molar-refractivity contribution in [2.45, 2.75) is 0 Å². The van der Waals surface area contributed by atoms with E-state index in [0.29, 0.717) is 17.2 Å². The number of para-hydroxylation sites is 1. The number of ketones is 1. The Morgan fingerprint density at radius 1 is 0.828 bits per heavy atom. The van der Waals surface area contributed by atoms with Crippen LogP contribution in [0, 0.1) is 0 Å². The highest BCUT2D eigenvalue weighted by Crippen LogP contribution is 2.23. The van der Waals surface area contributed by atoms with Crippen molar-refractivity contribution < 1.29 is 14.3 Å². The number of carbonyl (C=O) groups is 1. The minimum absolute atomic E-state index is 0.0617. The summed E-state index contributed by atoms with van der Waals surface area (Å²) in [6.07, 6.45) is 3.34. The van der Waals surface area contributed by atoms with E-state index < -0.39 is 0 Å². The van der Waals surface area contributed by atoms with Crippen LogP contribution < -0.4 is 9.47 Å². The minimum atomic E-state index is -0.0617. The summed E-state index contributed by atoms with van der Waals surface area (Å²) in [6.45, 7) is 0. The average Bonchev–Trinajstić information content (AvgIpc) is 2.78. The van der Waals surface area contributed by atoms with Gasteiger partial charge in [-0.25, -0.2) is 4.98 Å². The molecule has 4 heteroatoms. The van der Waals surface area contributed by atoms with Gasteiger partial charge in [-0.3, -0.25) is 4.79 Å². The fraction of sp³-hybridized carbons (Fsp3) is 0.0400. The molecule has 1 heterocycles. The summed E-state index contributed by atoms with van der Waals surface area (Å²) in [5.74, 6) is 1.89. The number of ether oxygens (including phenoxy) is 2. The van der Waals surface area contributed by atoms with Crippen LogP contribution in [-0.2, 0) is 0 Å². The molecule has 0 fully saturated rings. The molecule has 0 bridgehead atoms. The molecule has 0 saturated heterocycles. The number of fused-ring (bicyclic) bond motifs is 1. The van der Waals surface area contributed by atoms with E-state index in [2.05, 4.69) is 4.98 Å². The molecule has 1 aromatic heterocycles. The molecule has 0 aliphatic rings. The Morgan fingerprint density at radius 3 is 2.31 bits per heavy atom. The molecule has 0 atom stereocenters. The molecule has 0 aliphatic heterocycles. The van der Waals surface area contributed by atoms with Crippen LogP contribution in [-0.4, -0.2) is 17.9 Å². The lowest BCUT2D eigenvalue weighted by Crippen LogP contribution is -1.94. The third-order valence-electron chi connectivity index (χ3n) is 4.48. The molecule has 0 spiro atoms. The molecule has 4 rings (SSSR count). The van der Waals surface area contributed by atoms with Crippen LogP contribution in [0.15, 0.2) is 91.0 Å². The second-order valence-electron chi connectivity index (χ2n) is 6.44. The third-order valence-corrected chi connectivity index (χ3v) is 4.48. The third kappa shape index (κ3) is 4.50. The monoisotopic (exact) mass is 381 g/mol. The van der Waals surface area contributed by atoms with Crippen LogP contribution in [0.1, 0.15) is 15.9 Å². The lowest BCUT2D eigenvalue weighted by molar-refractivity contribution is 0.104. The van der Waals surface area contributed by atoms with Gasteiger partial charge in [-0.15, -0.1) is 0 Å². The van der Waals surface area contributed by atoms with Crippen LogP contribution in [0.2, 0.25) is 0 Å². The molecule has 0 radical (unpaired) electrons. The van der Waals surface area contributed by atoms with Crippen molar-refractivity contribution in [2.24, 2.45) is 0 Å². The SMILES string of the molecule is COc1ccc(C(=O)/C=C/c2ccc(Oc3ccc4ccccc4n3)cc2)cc1. The van der Waals surface area contributed by atoms with Gasteiger partial charge in [0.25, 0.3) is 0 Å². The van der Waals surface area contributed by atoms with E-state index in [4.69, 9.17) is 9.47 Å². The van der Waals surface area contributed by atoms with Crippen molar-refractivity contribution in [3.05, 3.63) is 102 Å². The maximum atomic E-state index is 12.3. The number of aromatic nitrogens is 1. The zero-order chi connectivity index (χ0) is 20.1. The van der Waals surface area contributed by atoms with E-state index in [-0.39, 0.29) is 5.78 Å². The topological polar surface area (TPSA) is 48.4 Å². The molecule has 4 nitrogen and oxygen atoms in total. The molecular weight excluding hydrogens is 362 g/mol. The standard InChI is InChI=1S/C25H19NO3/c1-28-21-14-9-20(10-15-21)24(27)16-8-18-6-12-22(13-7-18)29-25-17-11-19-4-2-3-5-23(19)26-25/h2-17H,1H3/b16-8+. The Labute approximate surface area is 169 Å². The largest absolute Gasteiger partial charge is 0.497 e. The van der Waals surface area contributed by atoms with Crippen molar-refractivity contribution in [1.82, 2.24) is 4.98 Å². The number of nitrogens with zero attached hydrogens (tertiary/aromatic N) is 1. The quantitative estimate of drug-likeness (QED) is 0.307. The lowest BCUT2D eigenvalue weighted by atomic mass is 10.1. The Bertz CT molecular complexity index is 1160. The maximum absolute atomic E-state index is 12.3. The zero-order valence-corrected chi connectivity index (χ0v) is 15.9. The number of hydrogen-bond acceptors (Lipinski definition) is 4. The molecule has 0 N–H and O–H groups in total. The molecule has 0 aliphatic carbocycles. The molecular formula is C25H19NO3. The van der Waals surface area contributed by atoms with Gasteiger partial charge in [-0.2, -0.15) is 0 Å². The van der Waals surface area contributed by atoms with Crippen molar-refractivity contribution in [2.75, 3.05) is 7.11 Å². The van der Waals surface area contributed by atoms with Gasteiger partial charge in [-0.05, 0) is 60.2 Å². The fourth-order valence-corrected chi connectivity index (χ4v) is 2.90. The average molecular weight is 381 g/mol. The van der Waals surface area contributed by atoms with E-state index in [1.165, 1.54) is 0 Å². The minimum Gasteiger partial charge on any atom is -0.497 e. The van der Waals surface area contributed by atoms with Crippen molar-refractivity contribution in [1.29, 1.82) is 0 Å². The molecule has 142 valence electrons. The molecule has 4 aromatic rings. The molecule has 0 amide bonds. The summed E-state index contributed by atoms with van der Waals surface area (Å²) >= 11 is 0. The number of allylic oxidation sites excluding steroid dienone is 1. The Hall–Kier alpha value is -3.92. The number of methoxy groups -OCH3 is 1. The summed E-state index contributed by atoms with van der Waals surface area (Å²) in [5, 5.41) is 1.07. The predicted octanol–water partition coefficient (Wildman–Crippen LogP) is 5.93. The second-order valence-corrected chi connectivity index (χ2v) is 6.44. The van der Waals surface area contributed by atoms with Crippen molar-refractivity contribution in [3.63, 3.8) is 0 Å². The summed E-state index contributed by atoms with van der Waals surface area (Å²) in [5.41, 5.74) is 2.41. The van der Waals surface area contributed by atoms with Crippen LogP contribution >= 0.6 is 0 Å². The summed E-state index contributed by atoms with van der Waals surface area (Å²) in [4.78, 5) is 16.8. The number of rotatable bonds is 6. The Morgan fingerprint density at radius 2 is 1.55 bits per heavy atom. The first-order chi connectivity index (χ1) is 14.2. The maximum Gasteiger partial charge on any atom is 0.219 e. The molecule has 29 heavy (non-hydrogen) atoms. The normalized spacial score (nSPS) is 10.9. The Kier molecular flexibility index (Phi) is 5.34. The fourth-order valence-electron chi connectivity index (χ4n) is 2.90. The zero-order valence-electron chi connectivity index (χ0n) is 15.9. The van der Waals surface area contributed by atoms with E-state index >= 15 is 0 Å². The van der Waals surface area contributed by atoms with Gasteiger partial charge in [0.15, 0.2) is 5.78 Å². The summed E-state index contributed by atoms with van der Waals surface area (Å²) in [6, 6.07) is 26.3. The van der Waals surface area contributed by atoms with E-state index in [0.717, 1.165) is 22.2 Å². The lowest BCUT2D eigenvalue weighted by Gasteiger charge is -2.06. The summed E-state index contributed by atoms with van der Waals surface area (Å²) in [7, 11) is 1.60. The first kappa shape index (κ1) is 18.4. The highest BCUT2D eigenvalue weighted by Gasteiger charge is 2.03. The first-order valence-electron chi connectivity index (χ1n) is 9.21. The van der Waals surface area contributed by atoms with Gasteiger partial charge in [0.05, 0.1) is 12.6 Å². The van der Waals surface area contributed by atoms with Crippen LogP contribution in [0.5, 0.6) is 17.4 Å². The first-order valence-corrected chi connectivity index (χ1v) is 9.21. The number of hydrogen-bond donors (Lipinski definition) is 0. The van der Waals surface area contributed by atoms with Crippen LogP contribution in [0.4, 0.5) is 0 Å². The number of benzene rings is 3. The molecule has 0 unspecified atom stereocenters. The van der Waals surface area contributed by atoms with E-state index in [1.54, 1.807) is 43.5 Å². The second kappa shape index (κ2) is 8.40. The smallest absolute Gasteiger partial charge is 0.219 e. The highest BCUT2D eigenvalue weighted by molar-refractivity contribution is 6.06.